The molecule has 2 aliphatic heterocycles. The zero-order valence-electron chi connectivity index (χ0n) is 16.6. The third-order valence-corrected chi connectivity index (χ3v) is 5.93. The van der Waals surface area contributed by atoms with Gasteiger partial charge in [0.05, 0.1) is 18.4 Å². The molecule has 0 amide bonds. The molecule has 2 heterocycles. The molecule has 0 radical (unpaired) electrons. The highest BCUT2D eigenvalue weighted by Crippen LogP contribution is 2.47. The van der Waals surface area contributed by atoms with Gasteiger partial charge in [-0.2, -0.15) is 0 Å². The summed E-state index contributed by atoms with van der Waals surface area (Å²) in [7, 11) is 1.72. The number of halogens is 1. The molecule has 0 aromatic heterocycles. The Morgan fingerprint density at radius 3 is 2.44 bits per heavy atom. The van der Waals surface area contributed by atoms with Crippen LogP contribution in [-0.4, -0.2) is 24.0 Å². The molecule has 4 rings (SSSR count). The van der Waals surface area contributed by atoms with Crippen LogP contribution >= 0.6 is 15.9 Å². The van der Waals surface area contributed by atoms with E-state index in [4.69, 9.17) is 14.5 Å². The Labute approximate surface area is 169 Å². The van der Waals surface area contributed by atoms with Gasteiger partial charge < -0.3 is 9.47 Å². The van der Waals surface area contributed by atoms with Crippen molar-refractivity contribution in [2.24, 2.45) is 4.99 Å². The van der Waals surface area contributed by atoms with E-state index in [1.54, 1.807) is 7.11 Å². The van der Waals surface area contributed by atoms with Crippen LogP contribution < -0.4 is 9.47 Å². The molecule has 142 valence electrons. The molecular weight excluding hydrogens is 402 g/mol. The fourth-order valence-corrected chi connectivity index (χ4v) is 4.56. The summed E-state index contributed by atoms with van der Waals surface area (Å²) < 4.78 is 12.0. The minimum Gasteiger partial charge on any atom is -0.493 e. The Morgan fingerprint density at radius 1 is 1.11 bits per heavy atom. The van der Waals surface area contributed by atoms with Gasteiger partial charge in [-0.1, -0.05) is 40.2 Å². The minimum absolute atomic E-state index is 0.148. The lowest BCUT2D eigenvalue weighted by atomic mass is 9.81. The van der Waals surface area contributed by atoms with Crippen LogP contribution in [0.15, 0.2) is 35.3 Å². The Morgan fingerprint density at radius 2 is 1.81 bits per heavy atom. The van der Waals surface area contributed by atoms with Crippen LogP contribution in [0.25, 0.3) is 0 Å². The van der Waals surface area contributed by atoms with Crippen molar-refractivity contribution < 1.29 is 9.47 Å². The molecule has 2 aromatic rings. The number of benzene rings is 2. The van der Waals surface area contributed by atoms with E-state index in [0.29, 0.717) is 0 Å². The van der Waals surface area contributed by atoms with Gasteiger partial charge >= 0.3 is 0 Å². The van der Waals surface area contributed by atoms with Crippen molar-refractivity contribution in [2.75, 3.05) is 7.11 Å². The van der Waals surface area contributed by atoms with Gasteiger partial charge in [-0.05, 0) is 51.3 Å². The summed E-state index contributed by atoms with van der Waals surface area (Å²) in [6.45, 7) is 8.66. The number of fused-ring (bicyclic) bond motifs is 3. The Bertz CT molecular complexity index is 926. The van der Waals surface area contributed by atoms with Gasteiger partial charge in [0.25, 0.3) is 0 Å². The molecule has 3 nitrogen and oxygen atoms in total. The summed E-state index contributed by atoms with van der Waals surface area (Å²) in [5.74, 6) is 1.71. The number of aliphatic imine (C=N–C) groups is 1. The first-order valence-electron chi connectivity index (χ1n) is 9.40. The summed E-state index contributed by atoms with van der Waals surface area (Å²) in [6, 6.07) is 10.8. The third-order valence-electron chi connectivity index (χ3n) is 5.28. The fourth-order valence-electron chi connectivity index (χ4n) is 4.18. The molecule has 0 fully saturated rings. The molecule has 4 heteroatoms. The van der Waals surface area contributed by atoms with Gasteiger partial charge in [0, 0.05) is 28.4 Å². The Balaban J connectivity index is 1.95. The molecule has 0 bridgehead atoms. The van der Waals surface area contributed by atoms with E-state index in [-0.39, 0.29) is 11.1 Å². The second-order valence-corrected chi connectivity index (χ2v) is 9.30. The molecule has 2 aromatic carbocycles. The average molecular weight is 428 g/mol. The molecule has 0 unspecified atom stereocenters. The largest absolute Gasteiger partial charge is 0.493 e. The minimum atomic E-state index is -0.234. The Hall–Kier alpha value is -1.81. The lowest BCUT2D eigenvalue weighted by Crippen LogP contribution is -2.30. The molecule has 0 spiro atoms. The van der Waals surface area contributed by atoms with Crippen molar-refractivity contribution in [3.63, 3.8) is 0 Å². The van der Waals surface area contributed by atoms with Crippen LogP contribution in [0, 0.1) is 0 Å². The predicted octanol–water partition coefficient (Wildman–Crippen LogP) is 5.48. The van der Waals surface area contributed by atoms with Crippen LogP contribution in [0.4, 0.5) is 0 Å². The van der Waals surface area contributed by atoms with E-state index in [1.807, 2.05) is 0 Å². The molecule has 27 heavy (non-hydrogen) atoms. The van der Waals surface area contributed by atoms with Crippen LogP contribution in [0.3, 0.4) is 0 Å². The maximum absolute atomic E-state index is 6.27. The quantitative estimate of drug-likeness (QED) is 0.607. The smallest absolute Gasteiger partial charge is 0.166 e. The van der Waals surface area contributed by atoms with E-state index in [0.717, 1.165) is 40.9 Å². The van der Waals surface area contributed by atoms with Crippen molar-refractivity contribution in [1.82, 2.24) is 0 Å². The second-order valence-electron chi connectivity index (χ2n) is 8.74. The van der Waals surface area contributed by atoms with Crippen molar-refractivity contribution in [1.29, 1.82) is 0 Å². The monoisotopic (exact) mass is 427 g/mol. The van der Waals surface area contributed by atoms with Crippen LogP contribution in [0.5, 0.6) is 11.5 Å². The van der Waals surface area contributed by atoms with Gasteiger partial charge in [0.1, 0.15) is 5.60 Å². The molecule has 0 N–H and O–H groups in total. The van der Waals surface area contributed by atoms with E-state index < -0.39 is 0 Å². The average Bonchev–Trinajstić information content (AvgIpc) is 2.94. The normalized spacial score (nSPS) is 19.0. The van der Waals surface area contributed by atoms with E-state index >= 15 is 0 Å². The highest BCUT2D eigenvalue weighted by Gasteiger charge is 2.39. The van der Waals surface area contributed by atoms with Gasteiger partial charge in [-0.3, -0.25) is 4.99 Å². The first-order valence-corrected chi connectivity index (χ1v) is 10.5. The summed E-state index contributed by atoms with van der Waals surface area (Å²) in [4.78, 5) is 5.17. The second kappa shape index (κ2) is 6.37. The van der Waals surface area contributed by atoms with Gasteiger partial charge in [0.2, 0.25) is 0 Å². The van der Waals surface area contributed by atoms with E-state index in [9.17, 15) is 0 Å². The zero-order chi connectivity index (χ0) is 19.4. The number of hydrogen-bond donors (Lipinski definition) is 0. The van der Waals surface area contributed by atoms with E-state index in [1.165, 1.54) is 22.3 Å². The number of rotatable bonds is 3. The molecule has 2 aliphatic rings. The number of methoxy groups -OCH3 is 1. The molecule has 0 atom stereocenters. The maximum atomic E-state index is 6.27. The van der Waals surface area contributed by atoms with Crippen molar-refractivity contribution in [3.8, 4) is 11.5 Å². The van der Waals surface area contributed by atoms with Crippen LogP contribution in [-0.2, 0) is 18.2 Å². The standard InChI is InChI=1S/C23H26BrNO2/c1-22(2)11-16-10-18(26-5)21-17(12-23(3,4)27-21)19(16)20(25-22)15-8-6-14(13-24)7-9-15/h6-10H,11-13H2,1-5H3. The summed E-state index contributed by atoms with van der Waals surface area (Å²) in [6.07, 6.45) is 1.76. The van der Waals surface area contributed by atoms with Crippen LogP contribution in [0.2, 0.25) is 0 Å². The summed E-state index contributed by atoms with van der Waals surface area (Å²) >= 11 is 3.53. The van der Waals surface area contributed by atoms with Gasteiger partial charge in [-0.25, -0.2) is 0 Å². The van der Waals surface area contributed by atoms with E-state index in [2.05, 4.69) is 74.0 Å². The summed E-state index contributed by atoms with van der Waals surface area (Å²) in [5, 5.41) is 0.858. The highest BCUT2D eigenvalue weighted by atomic mass is 79.9. The zero-order valence-corrected chi connectivity index (χ0v) is 18.2. The molecule has 0 saturated heterocycles. The van der Waals surface area contributed by atoms with Crippen molar-refractivity contribution >= 4 is 21.6 Å². The van der Waals surface area contributed by atoms with Crippen molar-refractivity contribution in [3.05, 3.63) is 58.1 Å². The van der Waals surface area contributed by atoms with Crippen molar-refractivity contribution in [2.45, 2.75) is 57.0 Å². The lowest BCUT2D eigenvalue weighted by molar-refractivity contribution is 0.134. The predicted molar refractivity (Wildman–Crippen MR) is 114 cm³/mol. The van der Waals surface area contributed by atoms with Gasteiger partial charge in [0.15, 0.2) is 11.5 Å². The first-order chi connectivity index (χ1) is 12.7. The van der Waals surface area contributed by atoms with Gasteiger partial charge in [-0.15, -0.1) is 0 Å². The lowest BCUT2D eigenvalue weighted by Gasteiger charge is -2.31. The SMILES string of the molecule is COc1cc2c(c3c1OC(C)(C)C3)C(c1ccc(CBr)cc1)=NC(C)(C)C2. The third kappa shape index (κ3) is 3.29. The molecule has 0 saturated carbocycles. The number of nitrogens with zero attached hydrogens (tertiary/aromatic N) is 1. The maximum Gasteiger partial charge on any atom is 0.166 e. The topological polar surface area (TPSA) is 30.8 Å². The number of hydrogen-bond acceptors (Lipinski definition) is 3. The fraction of sp³-hybridized carbons (Fsp3) is 0.435. The highest BCUT2D eigenvalue weighted by molar-refractivity contribution is 9.08. The Kier molecular flexibility index (Phi) is 4.38. The molecule has 0 aliphatic carbocycles. The number of ether oxygens (including phenoxy) is 2. The number of alkyl halides is 1. The first kappa shape index (κ1) is 18.5. The van der Waals surface area contributed by atoms with Crippen LogP contribution in [0.1, 0.15) is 55.5 Å². The molecular formula is C23H26BrNO2. The summed E-state index contributed by atoms with van der Waals surface area (Å²) in [5.41, 5.74) is 6.88.